The van der Waals surface area contributed by atoms with Crippen molar-refractivity contribution < 1.29 is 4.79 Å². The normalized spacial score (nSPS) is 9.00. The fourth-order valence-electron chi connectivity index (χ4n) is 0.898. The lowest BCUT2D eigenvalue weighted by atomic mass is 10.1. The van der Waals surface area contributed by atoms with Crippen LogP contribution in [0, 0.1) is 17.6 Å². The molecular weight excluding hydrogens is 170 g/mol. The number of hydrogen-bond donors (Lipinski definition) is 0. The summed E-state index contributed by atoms with van der Waals surface area (Å²) in [6, 6.07) is 7.23. The lowest BCUT2D eigenvalue weighted by Crippen LogP contribution is -1.94. The highest BCUT2D eigenvalue weighted by atomic mass is 32.2. The summed E-state index contributed by atoms with van der Waals surface area (Å²) in [5.41, 5.74) is 1.52. The van der Waals surface area contributed by atoms with Crippen molar-refractivity contribution in [2.75, 3.05) is 0 Å². The molecule has 0 N–H and O–H groups in total. The number of aryl methyl sites for hydroxylation is 1. The van der Waals surface area contributed by atoms with E-state index in [2.05, 4.69) is 0 Å². The number of carbonyl (C=O) groups excluding carboxylic acids is 1. The highest BCUT2D eigenvalue weighted by Crippen LogP contribution is 2.14. The van der Waals surface area contributed by atoms with Crippen molar-refractivity contribution in [2.45, 2.75) is 6.92 Å². The molecule has 0 atom stereocenters. The number of benzene rings is 1. The van der Waals surface area contributed by atoms with E-state index in [0.29, 0.717) is 17.3 Å². The van der Waals surface area contributed by atoms with Crippen LogP contribution < -0.4 is 0 Å². The Morgan fingerprint density at radius 1 is 1.50 bits per heavy atom. The lowest BCUT2D eigenvalue weighted by molar-refractivity contribution is 0.108. The van der Waals surface area contributed by atoms with Gasteiger partial charge in [-0.05, 0) is 12.5 Å². The summed E-state index contributed by atoms with van der Waals surface area (Å²) in [6.45, 7) is 1.85. The van der Waals surface area contributed by atoms with Crippen molar-refractivity contribution in [3.63, 3.8) is 0 Å². The number of nitrogens with zero attached hydrogens (tertiary/aromatic N) is 1. The number of carbonyl (C=O) groups is 1. The van der Waals surface area contributed by atoms with Gasteiger partial charge in [0.15, 0.2) is 0 Å². The molecule has 0 aliphatic carbocycles. The van der Waals surface area contributed by atoms with Gasteiger partial charge in [0.25, 0.3) is 0 Å². The molecule has 2 nitrogen and oxygen atoms in total. The van der Waals surface area contributed by atoms with Crippen LogP contribution in [0.2, 0.25) is 0 Å². The van der Waals surface area contributed by atoms with E-state index < -0.39 is 0 Å². The summed E-state index contributed by atoms with van der Waals surface area (Å²) in [5.74, 6) is 0. The second-order valence-electron chi connectivity index (χ2n) is 2.30. The molecule has 1 rings (SSSR count). The second-order valence-corrected chi connectivity index (χ2v) is 3.05. The highest BCUT2D eigenvalue weighted by Gasteiger charge is 2.07. The number of rotatable bonds is 1. The summed E-state index contributed by atoms with van der Waals surface area (Å²) in [4.78, 5) is 11.2. The minimum Gasteiger partial charge on any atom is -0.280 e. The third kappa shape index (κ3) is 1.86. The third-order valence-electron chi connectivity index (χ3n) is 1.50. The van der Waals surface area contributed by atoms with Gasteiger partial charge < -0.3 is 0 Å². The van der Waals surface area contributed by atoms with Crippen molar-refractivity contribution in [3.8, 4) is 5.40 Å². The minimum atomic E-state index is -0.185. The molecule has 1 aromatic rings. The van der Waals surface area contributed by atoms with Gasteiger partial charge in [0, 0.05) is 17.3 Å². The van der Waals surface area contributed by atoms with Gasteiger partial charge >= 0.3 is 0 Å². The molecule has 0 saturated heterocycles. The van der Waals surface area contributed by atoms with Crippen molar-refractivity contribution in [1.29, 1.82) is 5.26 Å². The molecule has 1 aromatic carbocycles. The summed E-state index contributed by atoms with van der Waals surface area (Å²) in [5, 5.41) is 9.86. The Morgan fingerprint density at radius 2 is 2.17 bits per heavy atom. The van der Waals surface area contributed by atoms with E-state index in [1.807, 2.05) is 19.1 Å². The van der Waals surface area contributed by atoms with Crippen LogP contribution in [0.5, 0.6) is 0 Å². The van der Waals surface area contributed by atoms with Crippen LogP contribution in [-0.4, -0.2) is 5.12 Å². The molecule has 0 aliphatic heterocycles. The summed E-state index contributed by atoms with van der Waals surface area (Å²) >= 11 is 0.665. The molecule has 0 amide bonds. The van der Waals surface area contributed by atoms with Gasteiger partial charge in [-0.3, -0.25) is 4.79 Å². The van der Waals surface area contributed by atoms with Crippen LogP contribution in [0.4, 0.5) is 0 Å². The molecule has 0 radical (unpaired) electrons. The quantitative estimate of drug-likeness (QED) is 0.618. The average Bonchev–Trinajstić information content (AvgIpc) is 2.05. The van der Waals surface area contributed by atoms with Gasteiger partial charge in [-0.15, -0.1) is 0 Å². The van der Waals surface area contributed by atoms with Crippen molar-refractivity contribution in [3.05, 3.63) is 35.4 Å². The Labute approximate surface area is 75.2 Å². The van der Waals surface area contributed by atoms with Crippen LogP contribution in [0.25, 0.3) is 0 Å². The molecule has 0 aliphatic rings. The number of hydrogen-bond acceptors (Lipinski definition) is 3. The summed E-state index contributed by atoms with van der Waals surface area (Å²) in [7, 11) is 0. The largest absolute Gasteiger partial charge is 0.280 e. The fourth-order valence-corrected chi connectivity index (χ4v) is 1.32. The first-order valence-electron chi connectivity index (χ1n) is 3.41. The molecule has 60 valence electrons. The molecule has 0 fully saturated rings. The molecule has 0 unspecified atom stereocenters. The fraction of sp³-hybridized carbons (Fsp3) is 0.111. The number of nitriles is 1. The maximum atomic E-state index is 11.2. The zero-order chi connectivity index (χ0) is 8.97. The molecule has 0 spiro atoms. The lowest BCUT2D eigenvalue weighted by Gasteiger charge is -1.98. The first kappa shape index (κ1) is 8.82. The topological polar surface area (TPSA) is 40.9 Å². The zero-order valence-corrected chi connectivity index (χ0v) is 7.39. The third-order valence-corrected chi connectivity index (χ3v) is 2.00. The average molecular weight is 177 g/mol. The van der Waals surface area contributed by atoms with Gasteiger partial charge in [0.1, 0.15) is 5.40 Å². The minimum absolute atomic E-state index is 0.185. The first-order valence-corrected chi connectivity index (χ1v) is 4.23. The summed E-state index contributed by atoms with van der Waals surface area (Å²) < 4.78 is 0. The predicted molar refractivity (Wildman–Crippen MR) is 48.7 cm³/mol. The second kappa shape index (κ2) is 3.93. The van der Waals surface area contributed by atoms with Gasteiger partial charge in [0.2, 0.25) is 5.12 Å². The molecular formula is C9H7NOS. The predicted octanol–water partition coefficient (Wildman–Crippen LogP) is 2.35. The smallest absolute Gasteiger partial charge is 0.234 e. The van der Waals surface area contributed by atoms with Gasteiger partial charge in [-0.1, -0.05) is 24.3 Å². The Bertz CT molecular complexity index is 341. The van der Waals surface area contributed by atoms with E-state index in [4.69, 9.17) is 5.26 Å². The molecule has 0 bridgehead atoms. The van der Waals surface area contributed by atoms with Crippen molar-refractivity contribution in [1.82, 2.24) is 0 Å². The van der Waals surface area contributed by atoms with E-state index in [9.17, 15) is 4.79 Å². The number of thiocyanates is 1. The standard InChI is InChI=1S/C9H7NOS/c1-7-4-2-3-5-8(7)9(11)12-6-10/h2-5H,1H3. The molecule has 0 heterocycles. The van der Waals surface area contributed by atoms with Gasteiger partial charge in [0.05, 0.1) is 0 Å². The van der Waals surface area contributed by atoms with Crippen LogP contribution in [0.15, 0.2) is 24.3 Å². The van der Waals surface area contributed by atoms with Crippen LogP contribution in [0.1, 0.15) is 15.9 Å². The maximum absolute atomic E-state index is 11.2. The van der Waals surface area contributed by atoms with Crippen molar-refractivity contribution in [2.24, 2.45) is 0 Å². The molecule has 0 aromatic heterocycles. The monoisotopic (exact) mass is 177 g/mol. The van der Waals surface area contributed by atoms with Crippen molar-refractivity contribution >= 4 is 16.9 Å². The molecule has 12 heavy (non-hydrogen) atoms. The van der Waals surface area contributed by atoms with E-state index in [-0.39, 0.29) is 5.12 Å². The Kier molecular flexibility index (Phi) is 2.89. The van der Waals surface area contributed by atoms with Crippen LogP contribution >= 0.6 is 11.8 Å². The van der Waals surface area contributed by atoms with Crippen LogP contribution in [0.3, 0.4) is 0 Å². The maximum Gasteiger partial charge on any atom is 0.234 e. The van der Waals surface area contributed by atoms with E-state index >= 15 is 0 Å². The van der Waals surface area contributed by atoms with Gasteiger partial charge in [-0.25, -0.2) is 0 Å². The summed E-state index contributed by atoms with van der Waals surface area (Å²) in [6.07, 6.45) is 0. The Hall–Kier alpha value is -1.27. The zero-order valence-electron chi connectivity index (χ0n) is 6.57. The number of thioether (sulfide) groups is 1. The van der Waals surface area contributed by atoms with Crippen LogP contribution in [-0.2, 0) is 0 Å². The van der Waals surface area contributed by atoms with E-state index in [0.717, 1.165) is 5.56 Å². The first-order chi connectivity index (χ1) is 5.75. The van der Waals surface area contributed by atoms with Gasteiger partial charge in [-0.2, -0.15) is 5.26 Å². The molecule has 0 saturated carbocycles. The van der Waals surface area contributed by atoms with E-state index in [1.165, 1.54) is 0 Å². The Balaban J connectivity index is 2.97. The highest BCUT2D eigenvalue weighted by molar-refractivity contribution is 8.18. The SMILES string of the molecule is Cc1ccccc1C(=O)SC#N. The van der Waals surface area contributed by atoms with E-state index in [1.54, 1.807) is 17.5 Å². The Morgan fingerprint density at radius 3 is 2.75 bits per heavy atom. The molecule has 3 heteroatoms.